The molecule has 1 aromatic heterocycles. The third-order valence-corrected chi connectivity index (χ3v) is 5.62. The molecule has 4 heterocycles. The highest BCUT2D eigenvalue weighted by Gasteiger charge is 2.31. The first-order chi connectivity index (χ1) is 13.9. The summed E-state index contributed by atoms with van der Waals surface area (Å²) in [4.78, 5) is 21.5. The van der Waals surface area contributed by atoms with E-state index < -0.39 is 11.7 Å². The number of pyridine rings is 1. The van der Waals surface area contributed by atoms with Crippen molar-refractivity contribution in [2.45, 2.75) is 18.6 Å². The van der Waals surface area contributed by atoms with E-state index >= 15 is 0 Å². The Balaban J connectivity index is 1.45. The number of alkyl halides is 3. The normalized spacial score (nSPS) is 24.2. The molecule has 3 fully saturated rings. The van der Waals surface area contributed by atoms with E-state index in [1.807, 2.05) is 0 Å². The fourth-order valence-corrected chi connectivity index (χ4v) is 4.06. The Morgan fingerprint density at radius 3 is 2.76 bits per heavy atom. The maximum absolute atomic E-state index is 13.0. The lowest BCUT2D eigenvalue weighted by molar-refractivity contribution is -0.137. The Morgan fingerprint density at radius 1 is 1.10 bits per heavy atom. The summed E-state index contributed by atoms with van der Waals surface area (Å²) >= 11 is 0. The predicted octanol–water partition coefficient (Wildman–Crippen LogP) is 2.89. The third kappa shape index (κ3) is 4.59. The zero-order valence-corrected chi connectivity index (χ0v) is 16.0. The van der Waals surface area contributed by atoms with Crippen LogP contribution >= 0.6 is 0 Å². The van der Waals surface area contributed by atoms with Gasteiger partial charge in [-0.3, -0.25) is 14.7 Å². The molecule has 8 heteroatoms. The molecule has 154 valence electrons. The second-order valence-corrected chi connectivity index (χ2v) is 7.56. The third-order valence-electron chi connectivity index (χ3n) is 5.62. The number of carbonyl (C=O) groups is 1. The Kier molecular flexibility index (Phi) is 5.56. The highest BCUT2D eigenvalue weighted by atomic mass is 19.4. The number of nitrogens with zero attached hydrogens (tertiary/aromatic N) is 3. The van der Waals surface area contributed by atoms with Crippen molar-refractivity contribution in [3.63, 3.8) is 0 Å². The van der Waals surface area contributed by atoms with Gasteiger partial charge in [-0.1, -0.05) is 12.1 Å². The number of benzene rings is 1. The summed E-state index contributed by atoms with van der Waals surface area (Å²) in [6, 6.07) is 8.50. The first kappa shape index (κ1) is 19.8. The van der Waals surface area contributed by atoms with E-state index in [9.17, 15) is 18.0 Å². The fourth-order valence-electron chi connectivity index (χ4n) is 4.06. The second kappa shape index (κ2) is 8.12. The number of halogens is 3. The van der Waals surface area contributed by atoms with Gasteiger partial charge in [0.1, 0.15) is 5.69 Å². The molecule has 0 spiro atoms. The molecule has 1 aromatic carbocycles. The van der Waals surface area contributed by atoms with Crippen LogP contribution in [0, 0.1) is 0 Å². The monoisotopic (exact) mass is 404 g/mol. The molecule has 5 nitrogen and oxygen atoms in total. The number of carbonyl (C=O) groups excluding carboxylic acids is 1. The van der Waals surface area contributed by atoms with Crippen LogP contribution in [0.15, 0.2) is 42.6 Å². The lowest BCUT2D eigenvalue weighted by Crippen LogP contribution is -2.54. The Hall–Kier alpha value is -2.45. The highest BCUT2D eigenvalue weighted by Crippen LogP contribution is 2.32. The predicted molar refractivity (Wildman–Crippen MR) is 103 cm³/mol. The molecule has 0 saturated carbocycles. The van der Waals surface area contributed by atoms with Gasteiger partial charge in [0, 0.05) is 38.4 Å². The zero-order chi connectivity index (χ0) is 20.4. The molecule has 3 saturated heterocycles. The number of hydrogen-bond donors (Lipinski definition) is 1. The van der Waals surface area contributed by atoms with E-state index in [1.165, 1.54) is 18.3 Å². The van der Waals surface area contributed by atoms with E-state index in [4.69, 9.17) is 0 Å². The van der Waals surface area contributed by atoms with Crippen LogP contribution in [-0.4, -0.2) is 66.0 Å². The van der Waals surface area contributed by atoms with Crippen LogP contribution in [0.5, 0.6) is 0 Å². The van der Waals surface area contributed by atoms with Crippen LogP contribution < -0.4 is 5.32 Å². The van der Waals surface area contributed by atoms with Gasteiger partial charge in [0.2, 0.25) is 0 Å². The quantitative estimate of drug-likeness (QED) is 0.852. The largest absolute Gasteiger partial charge is 0.416 e. The van der Waals surface area contributed by atoms with Crippen molar-refractivity contribution in [1.29, 1.82) is 0 Å². The minimum atomic E-state index is -4.41. The molecule has 29 heavy (non-hydrogen) atoms. The van der Waals surface area contributed by atoms with Gasteiger partial charge in [0.25, 0.3) is 5.91 Å². The smallest absolute Gasteiger partial charge is 0.349 e. The first-order valence-corrected chi connectivity index (χ1v) is 9.78. The van der Waals surface area contributed by atoms with Crippen molar-refractivity contribution in [2.24, 2.45) is 0 Å². The fraction of sp³-hybridized carbons (Fsp3) is 0.429. The molecule has 3 unspecified atom stereocenters. The minimum absolute atomic E-state index is 0.203. The van der Waals surface area contributed by atoms with Crippen LogP contribution in [0.2, 0.25) is 0 Å². The maximum Gasteiger partial charge on any atom is 0.416 e. The number of amides is 1. The van der Waals surface area contributed by atoms with Gasteiger partial charge in [-0.15, -0.1) is 0 Å². The molecule has 5 rings (SSSR count). The molecular formula is C21H23F3N4O. The van der Waals surface area contributed by atoms with Gasteiger partial charge < -0.3 is 10.2 Å². The highest BCUT2D eigenvalue weighted by molar-refractivity contribution is 5.93. The van der Waals surface area contributed by atoms with Gasteiger partial charge in [-0.25, -0.2) is 0 Å². The lowest BCUT2D eigenvalue weighted by atomic mass is 10.0. The average Bonchev–Trinajstić information content (AvgIpc) is 3.07. The first-order valence-electron chi connectivity index (χ1n) is 9.78. The maximum atomic E-state index is 13.0. The number of fused-ring (bicyclic) bond motifs is 4. The van der Waals surface area contributed by atoms with Crippen molar-refractivity contribution in [3.05, 3.63) is 53.9 Å². The van der Waals surface area contributed by atoms with Crippen molar-refractivity contribution in [3.8, 4) is 11.1 Å². The van der Waals surface area contributed by atoms with Crippen molar-refractivity contribution in [1.82, 2.24) is 20.1 Å². The molecule has 3 aliphatic heterocycles. The van der Waals surface area contributed by atoms with Gasteiger partial charge in [-0.05, 0) is 54.9 Å². The van der Waals surface area contributed by atoms with E-state index in [0.717, 1.165) is 51.3 Å². The van der Waals surface area contributed by atoms with E-state index in [-0.39, 0.29) is 17.6 Å². The molecular weight excluding hydrogens is 381 g/mol. The summed E-state index contributed by atoms with van der Waals surface area (Å²) in [5.74, 6) is -0.310. The van der Waals surface area contributed by atoms with E-state index in [1.54, 1.807) is 12.1 Å². The van der Waals surface area contributed by atoms with E-state index in [2.05, 4.69) is 20.1 Å². The second-order valence-electron chi connectivity index (χ2n) is 7.56. The summed E-state index contributed by atoms with van der Waals surface area (Å²) in [6.45, 7) is 5.71. The zero-order valence-electron chi connectivity index (χ0n) is 16.0. The summed E-state index contributed by atoms with van der Waals surface area (Å²) in [5.41, 5.74) is 0.412. The van der Waals surface area contributed by atoms with Gasteiger partial charge in [0.15, 0.2) is 0 Å². The Bertz CT molecular complexity index is 882. The number of hydrogen-bond acceptors (Lipinski definition) is 4. The molecule has 1 N–H and O–H groups in total. The van der Waals surface area contributed by atoms with Crippen molar-refractivity contribution >= 4 is 5.91 Å². The summed E-state index contributed by atoms with van der Waals surface area (Å²) in [7, 11) is 0. The molecule has 2 bridgehead atoms. The number of rotatable bonds is 4. The van der Waals surface area contributed by atoms with Crippen molar-refractivity contribution < 1.29 is 18.0 Å². The van der Waals surface area contributed by atoms with Crippen LogP contribution in [0.25, 0.3) is 11.1 Å². The lowest BCUT2D eigenvalue weighted by Gasteiger charge is -2.37. The molecule has 0 radical (unpaired) electrons. The van der Waals surface area contributed by atoms with Crippen LogP contribution in [0.3, 0.4) is 0 Å². The van der Waals surface area contributed by atoms with Crippen LogP contribution in [0.1, 0.15) is 22.5 Å². The summed E-state index contributed by atoms with van der Waals surface area (Å²) < 4.78 is 38.9. The molecule has 3 atom stereocenters. The Morgan fingerprint density at radius 2 is 1.93 bits per heavy atom. The average molecular weight is 404 g/mol. The topological polar surface area (TPSA) is 48.5 Å². The Labute approximate surface area is 167 Å². The van der Waals surface area contributed by atoms with Crippen LogP contribution in [0.4, 0.5) is 13.2 Å². The summed E-state index contributed by atoms with van der Waals surface area (Å²) in [5, 5.41) is 2.95. The summed E-state index contributed by atoms with van der Waals surface area (Å²) in [6.07, 6.45) is -1.81. The van der Waals surface area contributed by atoms with Gasteiger partial charge >= 0.3 is 6.18 Å². The van der Waals surface area contributed by atoms with Gasteiger partial charge in [-0.2, -0.15) is 13.2 Å². The van der Waals surface area contributed by atoms with E-state index in [0.29, 0.717) is 17.7 Å². The number of piperazine rings is 1. The SMILES string of the molecule is O=C(NCC1CN2CCCN1CC2)c1cc(-c2cccc(C(F)(F)F)c2)ccn1. The van der Waals surface area contributed by atoms with Gasteiger partial charge in [0.05, 0.1) is 5.56 Å². The molecule has 0 aliphatic carbocycles. The molecule has 2 aromatic rings. The molecule has 3 aliphatic rings. The standard InChI is InChI=1S/C21H23F3N4O/c22-21(23,24)17-4-1-3-15(11-17)16-5-6-25-19(12-16)20(29)26-13-18-14-27-7-2-8-28(18)10-9-27/h1,3-6,11-12,18H,2,7-10,13-14H2,(H,26,29). The molecule has 1 amide bonds. The minimum Gasteiger partial charge on any atom is -0.349 e. The van der Waals surface area contributed by atoms with Crippen molar-refractivity contribution in [2.75, 3.05) is 39.3 Å². The van der Waals surface area contributed by atoms with Crippen LogP contribution in [-0.2, 0) is 6.18 Å². The number of aromatic nitrogens is 1. The number of nitrogens with one attached hydrogen (secondary N) is 1.